The topological polar surface area (TPSA) is 87.7 Å². The SMILES string of the molecule is CCCCCNC(=O)C(c1ccc(C)cc1)N(CC)C(=O)C(CS)NC(=O)OC(C)(C)C. The van der Waals surface area contributed by atoms with E-state index >= 15 is 0 Å². The van der Waals surface area contributed by atoms with Crippen molar-refractivity contribution in [2.75, 3.05) is 18.8 Å². The molecule has 0 aromatic heterocycles. The second kappa shape index (κ2) is 13.4. The summed E-state index contributed by atoms with van der Waals surface area (Å²) in [4.78, 5) is 40.3. The molecule has 8 heteroatoms. The van der Waals surface area contributed by atoms with Crippen molar-refractivity contribution in [2.45, 2.75) is 78.5 Å². The minimum Gasteiger partial charge on any atom is -0.444 e. The largest absolute Gasteiger partial charge is 0.444 e. The van der Waals surface area contributed by atoms with Crippen LogP contribution in [0.3, 0.4) is 0 Å². The first-order valence-electron chi connectivity index (χ1n) is 11.3. The number of nitrogens with zero attached hydrogens (tertiary/aromatic N) is 1. The van der Waals surface area contributed by atoms with E-state index in [1.165, 1.54) is 4.90 Å². The Bertz CT molecular complexity index is 747. The molecule has 2 unspecified atom stereocenters. The van der Waals surface area contributed by atoms with Gasteiger partial charge in [-0.2, -0.15) is 12.6 Å². The monoisotopic (exact) mass is 465 g/mol. The summed E-state index contributed by atoms with van der Waals surface area (Å²) in [7, 11) is 0. The number of rotatable bonds is 11. The van der Waals surface area contributed by atoms with Gasteiger partial charge in [-0.05, 0) is 46.6 Å². The maximum atomic E-state index is 13.4. The van der Waals surface area contributed by atoms with Gasteiger partial charge in [0.15, 0.2) is 0 Å². The normalized spacial score (nSPS) is 13.1. The van der Waals surface area contributed by atoms with Gasteiger partial charge in [-0.3, -0.25) is 9.59 Å². The van der Waals surface area contributed by atoms with Gasteiger partial charge in [-0.1, -0.05) is 49.6 Å². The molecule has 0 spiro atoms. The Morgan fingerprint density at radius 3 is 2.22 bits per heavy atom. The lowest BCUT2D eigenvalue weighted by Crippen LogP contribution is -2.53. The molecule has 2 N–H and O–H groups in total. The van der Waals surface area contributed by atoms with E-state index in [1.54, 1.807) is 20.8 Å². The molecule has 0 aliphatic carbocycles. The number of carbonyl (C=O) groups excluding carboxylic acids is 3. The molecule has 0 bridgehead atoms. The minimum atomic E-state index is -0.922. The molecule has 1 aromatic rings. The number of alkyl carbamates (subject to hydrolysis) is 1. The fourth-order valence-electron chi connectivity index (χ4n) is 3.21. The first-order valence-corrected chi connectivity index (χ1v) is 11.9. The van der Waals surface area contributed by atoms with Crippen molar-refractivity contribution < 1.29 is 19.1 Å². The molecule has 32 heavy (non-hydrogen) atoms. The van der Waals surface area contributed by atoms with Crippen LogP contribution in [0.5, 0.6) is 0 Å². The summed E-state index contributed by atoms with van der Waals surface area (Å²) >= 11 is 4.26. The standard InChI is InChI=1S/C24H39N3O4S/c1-7-9-10-15-25-21(28)20(18-13-11-17(3)12-14-18)27(8-2)22(29)19(16-32)26-23(30)31-24(4,5)6/h11-14,19-20,32H,7-10,15-16H2,1-6H3,(H,25,28)(H,26,30). The predicted molar refractivity (Wildman–Crippen MR) is 131 cm³/mol. The van der Waals surface area contributed by atoms with Crippen LogP contribution in [-0.4, -0.2) is 53.3 Å². The van der Waals surface area contributed by atoms with Crippen molar-refractivity contribution in [1.82, 2.24) is 15.5 Å². The average Bonchev–Trinajstić information content (AvgIpc) is 2.72. The number of aryl methyl sites for hydroxylation is 1. The molecule has 3 amide bonds. The van der Waals surface area contributed by atoms with Crippen LogP contribution in [0.2, 0.25) is 0 Å². The van der Waals surface area contributed by atoms with Gasteiger partial charge >= 0.3 is 6.09 Å². The Hall–Kier alpha value is -2.22. The molecule has 0 heterocycles. The van der Waals surface area contributed by atoms with Crippen LogP contribution in [0.1, 0.15) is 71.0 Å². The van der Waals surface area contributed by atoms with Gasteiger partial charge < -0.3 is 20.3 Å². The maximum absolute atomic E-state index is 13.4. The smallest absolute Gasteiger partial charge is 0.408 e. The second-order valence-corrected chi connectivity index (χ2v) is 9.18. The van der Waals surface area contributed by atoms with Gasteiger partial charge in [0.05, 0.1) is 0 Å². The van der Waals surface area contributed by atoms with Crippen LogP contribution in [0.4, 0.5) is 4.79 Å². The molecule has 1 aromatic carbocycles. The summed E-state index contributed by atoms with van der Waals surface area (Å²) in [5.74, 6) is -0.550. The van der Waals surface area contributed by atoms with Gasteiger partial charge in [-0.15, -0.1) is 0 Å². The molecular weight excluding hydrogens is 426 g/mol. The molecule has 180 valence electrons. The number of nitrogens with one attached hydrogen (secondary N) is 2. The van der Waals surface area contributed by atoms with Crippen LogP contribution in [-0.2, 0) is 14.3 Å². The molecular formula is C24H39N3O4S. The lowest BCUT2D eigenvalue weighted by atomic mass is 10.0. The zero-order valence-electron chi connectivity index (χ0n) is 20.2. The van der Waals surface area contributed by atoms with Crippen molar-refractivity contribution in [2.24, 2.45) is 0 Å². The number of carbonyl (C=O) groups is 3. The number of hydrogen-bond donors (Lipinski definition) is 3. The maximum Gasteiger partial charge on any atom is 0.408 e. The molecule has 0 aliphatic heterocycles. The fourth-order valence-corrected chi connectivity index (χ4v) is 3.45. The van der Waals surface area contributed by atoms with Crippen LogP contribution in [0.15, 0.2) is 24.3 Å². The Morgan fingerprint density at radius 2 is 1.72 bits per heavy atom. The predicted octanol–water partition coefficient (Wildman–Crippen LogP) is 4.01. The number of unbranched alkanes of at least 4 members (excludes halogenated alkanes) is 2. The third-order valence-corrected chi connectivity index (χ3v) is 5.19. The van der Waals surface area contributed by atoms with E-state index in [0.29, 0.717) is 18.7 Å². The Labute approximate surface area is 198 Å². The molecule has 0 saturated heterocycles. The fraction of sp³-hybridized carbons (Fsp3) is 0.625. The van der Waals surface area contributed by atoms with Gasteiger partial charge in [0, 0.05) is 18.8 Å². The highest BCUT2D eigenvalue weighted by atomic mass is 32.1. The summed E-state index contributed by atoms with van der Waals surface area (Å²) in [6, 6.07) is 5.82. The number of benzene rings is 1. The van der Waals surface area contributed by atoms with Crippen LogP contribution >= 0.6 is 12.6 Å². The summed E-state index contributed by atoms with van der Waals surface area (Å²) in [5.41, 5.74) is 1.08. The Kier molecular flexibility index (Phi) is 11.6. The van der Waals surface area contributed by atoms with E-state index in [2.05, 4.69) is 30.2 Å². The third kappa shape index (κ3) is 9.10. The summed E-state index contributed by atoms with van der Waals surface area (Å²) in [6.45, 7) is 12.0. The van der Waals surface area contributed by atoms with Crippen molar-refractivity contribution in [3.05, 3.63) is 35.4 Å². The van der Waals surface area contributed by atoms with E-state index < -0.39 is 23.8 Å². The molecule has 2 atom stereocenters. The third-order valence-electron chi connectivity index (χ3n) is 4.83. The Morgan fingerprint density at radius 1 is 1.09 bits per heavy atom. The van der Waals surface area contributed by atoms with Gasteiger partial charge in [-0.25, -0.2) is 4.79 Å². The minimum absolute atomic E-state index is 0.0767. The molecule has 0 fully saturated rings. The second-order valence-electron chi connectivity index (χ2n) is 8.82. The molecule has 7 nitrogen and oxygen atoms in total. The van der Waals surface area contributed by atoms with Crippen LogP contribution in [0, 0.1) is 6.92 Å². The lowest BCUT2D eigenvalue weighted by molar-refractivity contribution is -0.141. The highest BCUT2D eigenvalue weighted by Crippen LogP contribution is 2.23. The zero-order chi connectivity index (χ0) is 24.3. The van der Waals surface area contributed by atoms with E-state index in [1.807, 2.05) is 38.1 Å². The van der Waals surface area contributed by atoms with E-state index in [9.17, 15) is 14.4 Å². The highest BCUT2D eigenvalue weighted by molar-refractivity contribution is 7.80. The highest BCUT2D eigenvalue weighted by Gasteiger charge is 2.34. The zero-order valence-corrected chi connectivity index (χ0v) is 21.1. The number of amides is 3. The van der Waals surface area contributed by atoms with E-state index in [-0.39, 0.29) is 17.6 Å². The van der Waals surface area contributed by atoms with Crippen molar-refractivity contribution in [3.63, 3.8) is 0 Å². The lowest BCUT2D eigenvalue weighted by Gasteiger charge is -2.33. The summed E-state index contributed by atoms with van der Waals surface area (Å²) < 4.78 is 5.28. The van der Waals surface area contributed by atoms with Gasteiger partial charge in [0.25, 0.3) is 0 Å². The quantitative estimate of drug-likeness (QED) is 0.340. The molecule has 0 saturated carbocycles. The van der Waals surface area contributed by atoms with Crippen LogP contribution in [0.25, 0.3) is 0 Å². The number of ether oxygens (including phenoxy) is 1. The van der Waals surface area contributed by atoms with Gasteiger partial charge in [0.1, 0.15) is 17.7 Å². The van der Waals surface area contributed by atoms with Crippen molar-refractivity contribution in [3.8, 4) is 0 Å². The number of hydrogen-bond acceptors (Lipinski definition) is 5. The van der Waals surface area contributed by atoms with Crippen LogP contribution < -0.4 is 10.6 Å². The van der Waals surface area contributed by atoms with Crippen molar-refractivity contribution >= 4 is 30.5 Å². The van der Waals surface area contributed by atoms with E-state index in [4.69, 9.17) is 4.74 Å². The first kappa shape index (κ1) is 27.8. The Balaban J connectivity index is 3.14. The number of likely N-dealkylation sites (N-methyl/N-ethyl adjacent to an activating group) is 1. The average molecular weight is 466 g/mol. The number of thiol groups is 1. The summed E-state index contributed by atoms with van der Waals surface area (Å²) in [6.07, 6.45) is 2.25. The molecule has 1 rings (SSSR count). The first-order chi connectivity index (χ1) is 15.0. The van der Waals surface area contributed by atoms with Gasteiger partial charge in [0.2, 0.25) is 11.8 Å². The molecule has 0 aliphatic rings. The summed E-state index contributed by atoms with van der Waals surface area (Å²) in [5, 5.41) is 5.56. The molecule has 0 radical (unpaired) electrons. The van der Waals surface area contributed by atoms with Crippen molar-refractivity contribution in [1.29, 1.82) is 0 Å². The van der Waals surface area contributed by atoms with E-state index in [0.717, 1.165) is 24.8 Å².